The van der Waals surface area contributed by atoms with Gasteiger partial charge >= 0.3 is 5.97 Å². The van der Waals surface area contributed by atoms with Gasteiger partial charge in [0.05, 0.1) is 0 Å². The van der Waals surface area contributed by atoms with E-state index >= 15 is 0 Å². The summed E-state index contributed by atoms with van der Waals surface area (Å²) in [6.07, 6.45) is 3.28. The highest BCUT2D eigenvalue weighted by Crippen LogP contribution is 2.28. The first-order valence-electron chi connectivity index (χ1n) is 4.37. The minimum atomic E-state index is -0.272. The zero-order valence-corrected chi connectivity index (χ0v) is 7.76. The van der Waals surface area contributed by atoms with Crippen LogP contribution in [0.4, 0.5) is 0 Å². The van der Waals surface area contributed by atoms with Crippen molar-refractivity contribution >= 4 is 5.97 Å². The number of rotatable bonds is 3. The number of ether oxygens (including phenoxy) is 2. The number of hydrogen-bond donors (Lipinski definition) is 0. The largest absolute Gasteiger partial charge is 0.459 e. The second kappa shape index (κ2) is 3.90. The molecule has 0 N–H and O–H groups in total. The van der Waals surface area contributed by atoms with E-state index in [0.717, 1.165) is 19.3 Å². The van der Waals surface area contributed by atoms with Crippen molar-refractivity contribution in [1.29, 1.82) is 0 Å². The number of carbonyl (C=O) groups is 1. The first kappa shape index (κ1) is 9.52. The Morgan fingerprint density at radius 3 is 3.00 bits per heavy atom. The molecular formula is C9H16O3. The summed E-state index contributed by atoms with van der Waals surface area (Å²) < 4.78 is 10.2. The van der Waals surface area contributed by atoms with Crippen LogP contribution in [0.15, 0.2) is 0 Å². The quantitative estimate of drug-likeness (QED) is 0.605. The third-order valence-corrected chi connectivity index (χ3v) is 2.28. The fourth-order valence-corrected chi connectivity index (χ4v) is 1.48. The lowest BCUT2D eigenvalue weighted by Crippen LogP contribution is -2.36. The third kappa shape index (κ3) is 2.48. The molecule has 0 saturated carbocycles. The molecule has 1 aliphatic rings. The molecule has 1 rings (SSSR count). The van der Waals surface area contributed by atoms with E-state index in [2.05, 4.69) is 0 Å². The molecule has 70 valence electrons. The summed E-state index contributed by atoms with van der Waals surface area (Å²) in [5.74, 6) is -0.0696. The van der Waals surface area contributed by atoms with E-state index in [1.165, 1.54) is 0 Å². The molecule has 1 atom stereocenters. The van der Waals surface area contributed by atoms with Crippen molar-refractivity contribution in [2.24, 2.45) is 0 Å². The normalized spacial score (nSPS) is 30.0. The smallest absolute Gasteiger partial charge is 0.306 e. The molecule has 0 spiro atoms. The number of esters is 1. The maximum atomic E-state index is 11.0. The van der Waals surface area contributed by atoms with Crippen molar-refractivity contribution < 1.29 is 14.3 Å². The predicted octanol–water partition coefficient (Wildman–Crippen LogP) is 1.51. The maximum Gasteiger partial charge on any atom is 0.306 e. The van der Waals surface area contributed by atoms with Gasteiger partial charge < -0.3 is 9.47 Å². The van der Waals surface area contributed by atoms with Crippen molar-refractivity contribution in [1.82, 2.24) is 0 Å². The van der Waals surface area contributed by atoms with E-state index in [9.17, 15) is 4.79 Å². The van der Waals surface area contributed by atoms with Gasteiger partial charge in [-0.25, -0.2) is 0 Å². The van der Waals surface area contributed by atoms with Gasteiger partial charge in [0.2, 0.25) is 0 Å². The topological polar surface area (TPSA) is 35.5 Å². The van der Waals surface area contributed by atoms with Gasteiger partial charge in [-0.3, -0.25) is 4.79 Å². The molecule has 0 aromatic heterocycles. The Morgan fingerprint density at radius 2 is 2.42 bits per heavy atom. The molecule has 1 saturated heterocycles. The molecule has 0 aliphatic carbocycles. The Balaban J connectivity index is 2.40. The second-order valence-electron chi connectivity index (χ2n) is 3.52. The van der Waals surface area contributed by atoms with Crippen molar-refractivity contribution in [2.45, 2.75) is 38.2 Å². The highest BCUT2D eigenvalue weighted by Gasteiger charge is 2.31. The van der Waals surface area contributed by atoms with Crippen LogP contribution in [0.25, 0.3) is 0 Å². The molecule has 0 aromatic carbocycles. The first-order valence-corrected chi connectivity index (χ1v) is 4.37. The summed E-state index contributed by atoms with van der Waals surface area (Å²) in [6, 6.07) is 0. The van der Waals surface area contributed by atoms with E-state index in [-0.39, 0.29) is 11.6 Å². The molecule has 0 aromatic rings. The van der Waals surface area contributed by atoms with E-state index < -0.39 is 0 Å². The molecule has 1 aliphatic heterocycles. The average molecular weight is 172 g/mol. The van der Waals surface area contributed by atoms with E-state index in [4.69, 9.17) is 9.47 Å². The molecule has 1 fully saturated rings. The summed E-state index contributed by atoms with van der Waals surface area (Å²) >= 11 is 0. The summed E-state index contributed by atoms with van der Waals surface area (Å²) in [4.78, 5) is 11.0. The predicted molar refractivity (Wildman–Crippen MR) is 44.8 cm³/mol. The summed E-state index contributed by atoms with van der Waals surface area (Å²) in [5.41, 5.74) is -0.272. The Hall–Kier alpha value is -0.570. The van der Waals surface area contributed by atoms with Crippen LogP contribution in [0, 0.1) is 0 Å². The monoisotopic (exact) mass is 172 g/mol. The fourth-order valence-electron chi connectivity index (χ4n) is 1.48. The molecule has 0 unspecified atom stereocenters. The van der Waals surface area contributed by atoms with Gasteiger partial charge in [-0.1, -0.05) is 0 Å². The van der Waals surface area contributed by atoms with Crippen LogP contribution >= 0.6 is 0 Å². The molecule has 3 heteroatoms. The zero-order chi connectivity index (χ0) is 9.03. The van der Waals surface area contributed by atoms with E-state index in [0.29, 0.717) is 13.0 Å². The Labute approximate surface area is 73.0 Å². The Morgan fingerprint density at radius 1 is 1.67 bits per heavy atom. The van der Waals surface area contributed by atoms with Crippen LogP contribution in [-0.4, -0.2) is 25.3 Å². The highest BCUT2D eigenvalue weighted by molar-refractivity contribution is 5.70. The SMILES string of the molecule is COCC[C@@]1(C)CCCC(=O)O1. The van der Waals surface area contributed by atoms with Gasteiger partial charge in [-0.2, -0.15) is 0 Å². The van der Waals surface area contributed by atoms with Crippen LogP contribution < -0.4 is 0 Å². The van der Waals surface area contributed by atoms with Crippen LogP contribution in [0.5, 0.6) is 0 Å². The summed E-state index contributed by atoms with van der Waals surface area (Å²) in [5, 5.41) is 0. The van der Waals surface area contributed by atoms with Gasteiger partial charge in [0.25, 0.3) is 0 Å². The van der Waals surface area contributed by atoms with Crippen molar-refractivity contribution in [3.05, 3.63) is 0 Å². The fraction of sp³-hybridized carbons (Fsp3) is 0.889. The summed E-state index contributed by atoms with van der Waals surface area (Å²) in [7, 11) is 1.66. The molecule has 0 amide bonds. The lowest BCUT2D eigenvalue weighted by molar-refractivity contribution is -0.166. The molecule has 0 bridgehead atoms. The van der Waals surface area contributed by atoms with Crippen LogP contribution in [0.1, 0.15) is 32.6 Å². The number of methoxy groups -OCH3 is 1. The molecule has 0 radical (unpaired) electrons. The van der Waals surface area contributed by atoms with Gasteiger partial charge in [0, 0.05) is 26.6 Å². The van der Waals surface area contributed by atoms with Crippen LogP contribution in [0.3, 0.4) is 0 Å². The second-order valence-corrected chi connectivity index (χ2v) is 3.52. The lowest BCUT2D eigenvalue weighted by atomic mass is 9.93. The van der Waals surface area contributed by atoms with Gasteiger partial charge in [0.15, 0.2) is 0 Å². The van der Waals surface area contributed by atoms with Crippen molar-refractivity contribution in [3.8, 4) is 0 Å². The Kier molecular flexibility index (Phi) is 3.09. The number of hydrogen-bond acceptors (Lipinski definition) is 3. The highest BCUT2D eigenvalue weighted by atomic mass is 16.6. The average Bonchev–Trinajstić information content (AvgIpc) is 2.01. The standard InChI is InChI=1S/C9H16O3/c1-9(6-7-11-2)5-3-4-8(10)12-9/h3-7H2,1-2H3/t9-/m1/s1. The van der Waals surface area contributed by atoms with E-state index in [1.807, 2.05) is 6.92 Å². The van der Waals surface area contributed by atoms with Gasteiger partial charge in [-0.05, 0) is 19.8 Å². The zero-order valence-electron chi connectivity index (χ0n) is 7.76. The van der Waals surface area contributed by atoms with E-state index in [1.54, 1.807) is 7.11 Å². The van der Waals surface area contributed by atoms with Crippen LogP contribution in [-0.2, 0) is 14.3 Å². The van der Waals surface area contributed by atoms with Gasteiger partial charge in [-0.15, -0.1) is 0 Å². The molecule has 12 heavy (non-hydrogen) atoms. The minimum Gasteiger partial charge on any atom is -0.459 e. The number of cyclic esters (lactones) is 1. The third-order valence-electron chi connectivity index (χ3n) is 2.28. The molecular weight excluding hydrogens is 156 g/mol. The number of carbonyl (C=O) groups excluding carboxylic acids is 1. The van der Waals surface area contributed by atoms with Crippen molar-refractivity contribution in [2.75, 3.05) is 13.7 Å². The minimum absolute atomic E-state index is 0.0696. The van der Waals surface area contributed by atoms with Crippen molar-refractivity contribution in [3.63, 3.8) is 0 Å². The first-order chi connectivity index (χ1) is 5.66. The van der Waals surface area contributed by atoms with Crippen LogP contribution in [0.2, 0.25) is 0 Å². The molecule has 3 nitrogen and oxygen atoms in total. The lowest BCUT2D eigenvalue weighted by Gasteiger charge is -2.32. The van der Waals surface area contributed by atoms with Gasteiger partial charge in [0.1, 0.15) is 5.60 Å². The Bertz CT molecular complexity index is 167. The molecule has 1 heterocycles. The summed E-state index contributed by atoms with van der Waals surface area (Å²) in [6.45, 7) is 2.63. The maximum absolute atomic E-state index is 11.0.